The van der Waals surface area contributed by atoms with Crippen LogP contribution in [0.5, 0.6) is 11.5 Å². The normalized spacial score (nSPS) is 10.3. The van der Waals surface area contributed by atoms with Gasteiger partial charge in [-0.2, -0.15) is 0 Å². The maximum Gasteiger partial charge on any atom is 0.253 e. The lowest BCUT2D eigenvalue weighted by Gasteiger charge is -2.10. The van der Waals surface area contributed by atoms with Crippen molar-refractivity contribution in [2.45, 2.75) is 13.0 Å². The van der Waals surface area contributed by atoms with Crippen molar-refractivity contribution in [1.29, 1.82) is 0 Å². The van der Waals surface area contributed by atoms with Crippen LogP contribution < -0.4 is 20.1 Å². The van der Waals surface area contributed by atoms with E-state index in [9.17, 15) is 4.79 Å². The molecule has 0 saturated carbocycles. The van der Waals surface area contributed by atoms with Gasteiger partial charge in [0.25, 0.3) is 5.91 Å². The molecule has 3 rings (SSSR count). The number of hydrogen-bond donors (Lipinski definition) is 2. The van der Waals surface area contributed by atoms with Gasteiger partial charge in [0, 0.05) is 19.3 Å². The van der Waals surface area contributed by atoms with Crippen LogP contribution >= 0.6 is 0 Å². The molecule has 0 spiro atoms. The molecule has 0 fully saturated rings. The first-order valence-electron chi connectivity index (χ1n) is 9.42. The lowest BCUT2D eigenvalue weighted by Crippen LogP contribution is -2.23. The molecule has 6 nitrogen and oxygen atoms in total. The van der Waals surface area contributed by atoms with Gasteiger partial charge in [0.2, 0.25) is 0 Å². The number of para-hydroxylation sites is 1. The van der Waals surface area contributed by atoms with Crippen molar-refractivity contribution in [2.75, 3.05) is 26.1 Å². The third-order valence-corrected chi connectivity index (χ3v) is 4.53. The lowest BCUT2D eigenvalue weighted by atomic mass is 10.1. The van der Waals surface area contributed by atoms with Gasteiger partial charge in [-0.15, -0.1) is 0 Å². The number of ether oxygens (including phenoxy) is 2. The second-order valence-electron chi connectivity index (χ2n) is 6.45. The van der Waals surface area contributed by atoms with E-state index in [0.29, 0.717) is 12.1 Å². The number of benzene rings is 2. The highest BCUT2D eigenvalue weighted by atomic mass is 16.5. The summed E-state index contributed by atoms with van der Waals surface area (Å²) in [5.74, 6) is 2.24. The fourth-order valence-electron chi connectivity index (χ4n) is 2.90. The smallest absolute Gasteiger partial charge is 0.253 e. The van der Waals surface area contributed by atoms with E-state index in [4.69, 9.17) is 9.47 Å². The Morgan fingerprint density at radius 2 is 1.76 bits per heavy atom. The van der Waals surface area contributed by atoms with Crippen LogP contribution in [-0.2, 0) is 13.0 Å². The number of amides is 1. The molecule has 150 valence electrons. The van der Waals surface area contributed by atoms with Crippen LogP contribution in [-0.4, -0.2) is 31.7 Å². The van der Waals surface area contributed by atoms with E-state index in [-0.39, 0.29) is 5.91 Å². The zero-order valence-electron chi connectivity index (χ0n) is 16.6. The molecule has 29 heavy (non-hydrogen) atoms. The van der Waals surface area contributed by atoms with Crippen LogP contribution in [0.2, 0.25) is 0 Å². The van der Waals surface area contributed by atoms with Gasteiger partial charge in [-0.3, -0.25) is 4.79 Å². The third kappa shape index (κ3) is 5.72. The molecule has 0 atom stereocenters. The molecule has 0 bridgehead atoms. The fourth-order valence-corrected chi connectivity index (χ4v) is 2.90. The predicted octanol–water partition coefficient (Wildman–Crippen LogP) is 3.68. The molecule has 6 heteroatoms. The number of nitrogens with zero attached hydrogens (tertiary/aromatic N) is 1. The minimum atomic E-state index is -0.158. The second kappa shape index (κ2) is 10.1. The van der Waals surface area contributed by atoms with Gasteiger partial charge in [-0.05, 0) is 47.9 Å². The minimum Gasteiger partial charge on any atom is -0.497 e. The average molecular weight is 391 g/mol. The van der Waals surface area contributed by atoms with E-state index in [2.05, 4.69) is 15.6 Å². The summed E-state index contributed by atoms with van der Waals surface area (Å²) in [5.41, 5.74) is 2.66. The van der Waals surface area contributed by atoms with E-state index in [1.54, 1.807) is 26.5 Å². The standard InChI is InChI=1S/C23H25N3O3/c1-28-20-10-7-17(8-11-20)15-26-23(27)19-9-12-22(25-16-19)24-14-13-18-5-3-4-6-21(18)29-2/h3-12,16H,13-15H2,1-2H3,(H,24,25)(H,26,27). The molecule has 0 aliphatic heterocycles. The Balaban J connectivity index is 1.48. The molecule has 3 aromatic rings. The van der Waals surface area contributed by atoms with Crippen molar-refractivity contribution in [3.63, 3.8) is 0 Å². The molecule has 1 amide bonds. The first-order chi connectivity index (χ1) is 14.2. The molecule has 0 saturated heterocycles. The highest BCUT2D eigenvalue weighted by Gasteiger charge is 2.07. The highest BCUT2D eigenvalue weighted by Crippen LogP contribution is 2.18. The first kappa shape index (κ1) is 20.2. The Morgan fingerprint density at radius 1 is 0.966 bits per heavy atom. The summed E-state index contributed by atoms with van der Waals surface area (Å²) in [5, 5.41) is 6.16. The van der Waals surface area contributed by atoms with Crippen LogP contribution in [0, 0.1) is 0 Å². The summed E-state index contributed by atoms with van der Waals surface area (Å²) >= 11 is 0. The first-order valence-corrected chi connectivity index (χ1v) is 9.42. The van der Waals surface area contributed by atoms with Crippen LogP contribution in [0.3, 0.4) is 0 Å². The highest BCUT2D eigenvalue weighted by molar-refractivity contribution is 5.94. The fraction of sp³-hybridized carbons (Fsp3) is 0.217. The lowest BCUT2D eigenvalue weighted by molar-refractivity contribution is 0.0950. The Hall–Kier alpha value is -3.54. The maximum absolute atomic E-state index is 12.3. The Kier molecular flexibility index (Phi) is 7.05. The monoisotopic (exact) mass is 391 g/mol. The third-order valence-electron chi connectivity index (χ3n) is 4.53. The zero-order chi connectivity index (χ0) is 20.5. The summed E-state index contributed by atoms with van der Waals surface area (Å²) in [6.45, 7) is 1.16. The molecule has 0 unspecified atom stereocenters. The number of nitrogens with one attached hydrogen (secondary N) is 2. The Bertz CT molecular complexity index is 925. The number of rotatable bonds is 9. The van der Waals surface area contributed by atoms with Crippen molar-refractivity contribution in [1.82, 2.24) is 10.3 Å². The van der Waals surface area contributed by atoms with E-state index in [1.165, 1.54) is 0 Å². The molecule has 2 aromatic carbocycles. The summed E-state index contributed by atoms with van der Waals surface area (Å²) in [7, 11) is 3.30. The van der Waals surface area contributed by atoms with Crippen molar-refractivity contribution >= 4 is 11.7 Å². The van der Waals surface area contributed by atoms with Gasteiger partial charge >= 0.3 is 0 Å². The number of aromatic nitrogens is 1. The molecule has 0 radical (unpaired) electrons. The van der Waals surface area contributed by atoms with Crippen molar-refractivity contribution in [3.05, 3.63) is 83.6 Å². The van der Waals surface area contributed by atoms with E-state index in [0.717, 1.165) is 41.4 Å². The number of pyridine rings is 1. The van der Waals surface area contributed by atoms with Crippen LogP contribution in [0.15, 0.2) is 66.9 Å². The number of methoxy groups -OCH3 is 2. The van der Waals surface area contributed by atoms with Crippen molar-refractivity contribution < 1.29 is 14.3 Å². The molecule has 1 aromatic heterocycles. The topological polar surface area (TPSA) is 72.5 Å². The predicted molar refractivity (Wildman–Crippen MR) is 114 cm³/mol. The van der Waals surface area contributed by atoms with Gasteiger partial charge in [-0.1, -0.05) is 30.3 Å². The van der Waals surface area contributed by atoms with Gasteiger partial charge in [0.05, 0.1) is 19.8 Å². The van der Waals surface area contributed by atoms with Gasteiger partial charge in [0.1, 0.15) is 17.3 Å². The number of carbonyl (C=O) groups excluding carboxylic acids is 1. The Labute approximate surface area is 170 Å². The second-order valence-corrected chi connectivity index (χ2v) is 6.45. The van der Waals surface area contributed by atoms with Crippen molar-refractivity contribution in [2.24, 2.45) is 0 Å². The molecule has 0 aliphatic rings. The van der Waals surface area contributed by atoms with Crippen LogP contribution in [0.1, 0.15) is 21.5 Å². The average Bonchev–Trinajstić information content (AvgIpc) is 2.78. The molecular weight excluding hydrogens is 366 g/mol. The van der Waals surface area contributed by atoms with E-state index < -0.39 is 0 Å². The number of carbonyl (C=O) groups is 1. The van der Waals surface area contributed by atoms with E-state index >= 15 is 0 Å². The Morgan fingerprint density at radius 3 is 2.45 bits per heavy atom. The minimum absolute atomic E-state index is 0.158. The zero-order valence-corrected chi connectivity index (χ0v) is 16.6. The largest absolute Gasteiger partial charge is 0.497 e. The summed E-state index contributed by atoms with van der Waals surface area (Å²) in [4.78, 5) is 16.6. The SMILES string of the molecule is COc1ccc(CNC(=O)c2ccc(NCCc3ccccc3OC)nc2)cc1. The summed E-state index contributed by atoms with van der Waals surface area (Å²) < 4.78 is 10.5. The van der Waals surface area contributed by atoms with E-state index in [1.807, 2.05) is 54.6 Å². The molecule has 0 aliphatic carbocycles. The van der Waals surface area contributed by atoms with Crippen LogP contribution in [0.4, 0.5) is 5.82 Å². The maximum atomic E-state index is 12.3. The molecule has 2 N–H and O–H groups in total. The number of hydrogen-bond acceptors (Lipinski definition) is 5. The summed E-state index contributed by atoms with van der Waals surface area (Å²) in [6, 6.07) is 19.1. The number of anilines is 1. The van der Waals surface area contributed by atoms with Gasteiger partial charge < -0.3 is 20.1 Å². The van der Waals surface area contributed by atoms with Gasteiger partial charge in [0.15, 0.2) is 0 Å². The summed E-state index contributed by atoms with van der Waals surface area (Å²) in [6.07, 6.45) is 2.39. The van der Waals surface area contributed by atoms with Crippen molar-refractivity contribution in [3.8, 4) is 11.5 Å². The van der Waals surface area contributed by atoms with Crippen LogP contribution in [0.25, 0.3) is 0 Å². The molecule has 1 heterocycles. The quantitative estimate of drug-likeness (QED) is 0.582. The van der Waals surface area contributed by atoms with Gasteiger partial charge in [-0.25, -0.2) is 4.98 Å². The molecular formula is C23H25N3O3.